The first kappa shape index (κ1) is 22.0. The Morgan fingerprint density at radius 2 is 2.07 bits per heavy atom. The van der Waals surface area contributed by atoms with Crippen LogP contribution in [0.15, 0.2) is 29.3 Å². The highest BCUT2D eigenvalue weighted by molar-refractivity contribution is 6.30. The van der Waals surface area contributed by atoms with Crippen LogP contribution in [0.2, 0.25) is 5.02 Å². The first-order chi connectivity index (χ1) is 12.9. The third-order valence-electron chi connectivity index (χ3n) is 4.70. The second kappa shape index (κ2) is 10.9. The van der Waals surface area contributed by atoms with Crippen molar-refractivity contribution in [2.45, 2.75) is 32.4 Å². The summed E-state index contributed by atoms with van der Waals surface area (Å²) in [5.74, 6) is 0.794. The maximum absolute atomic E-state index is 6.24. The lowest BCUT2D eigenvalue weighted by atomic mass is 10.0. The van der Waals surface area contributed by atoms with E-state index in [2.05, 4.69) is 33.5 Å². The van der Waals surface area contributed by atoms with Gasteiger partial charge in [-0.15, -0.1) is 0 Å². The second-order valence-corrected chi connectivity index (χ2v) is 7.70. The predicted molar refractivity (Wildman–Crippen MR) is 112 cm³/mol. The Hall–Kier alpha value is -1.34. The van der Waals surface area contributed by atoms with E-state index in [4.69, 9.17) is 21.1 Å². The molecule has 1 aromatic carbocycles. The number of nitrogens with zero attached hydrogens (tertiary/aromatic N) is 2. The lowest BCUT2D eigenvalue weighted by Crippen LogP contribution is -2.46. The number of hydrogen-bond acceptors (Lipinski definition) is 4. The zero-order chi connectivity index (χ0) is 19.7. The smallest absolute Gasteiger partial charge is 0.191 e. The average Bonchev–Trinajstić information content (AvgIpc) is 2.67. The molecule has 1 atom stereocenters. The van der Waals surface area contributed by atoms with E-state index in [-0.39, 0.29) is 11.6 Å². The van der Waals surface area contributed by atoms with Gasteiger partial charge in [0.2, 0.25) is 0 Å². The van der Waals surface area contributed by atoms with E-state index in [1.54, 1.807) is 7.11 Å². The second-order valence-electron chi connectivity index (χ2n) is 7.26. The molecule has 1 aliphatic heterocycles. The molecule has 152 valence electrons. The lowest BCUT2D eigenvalue weighted by Gasteiger charge is -2.35. The van der Waals surface area contributed by atoms with E-state index in [1.165, 1.54) is 5.56 Å². The summed E-state index contributed by atoms with van der Waals surface area (Å²) in [6.07, 6.45) is 0. The van der Waals surface area contributed by atoms with Crippen molar-refractivity contribution < 1.29 is 9.47 Å². The van der Waals surface area contributed by atoms with Gasteiger partial charge in [-0.1, -0.05) is 23.7 Å². The molecule has 0 bridgehead atoms. The van der Waals surface area contributed by atoms with Crippen molar-refractivity contribution in [2.75, 3.05) is 53.0 Å². The minimum Gasteiger partial charge on any atom is -0.379 e. The zero-order valence-corrected chi connectivity index (χ0v) is 17.7. The molecule has 0 saturated carbocycles. The summed E-state index contributed by atoms with van der Waals surface area (Å²) >= 11 is 6.24. The van der Waals surface area contributed by atoms with Gasteiger partial charge >= 0.3 is 0 Å². The molecule has 1 saturated heterocycles. The number of guanidine groups is 1. The van der Waals surface area contributed by atoms with Gasteiger partial charge in [0, 0.05) is 38.3 Å². The fraction of sp³-hybridized carbons (Fsp3) is 0.650. The Labute approximate surface area is 168 Å². The van der Waals surface area contributed by atoms with Crippen molar-refractivity contribution in [1.82, 2.24) is 15.5 Å². The Morgan fingerprint density at radius 3 is 2.70 bits per heavy atom. The summed E-state index contributed by atoms with van der Waals surface area (Å²) in [6, 6.07) is 8.29. The highest BCUT2D eigenvalue weighted by Gasteiger charge is 2.23. The van der Waals surface area contributed by atoms with Gasteiger partial charge in [-0.3, -0.25) is 9.89 Å². The van der Waals surface area contributed by atoms with Gasteiger partial charge in [0.05, 0.1) is 31.4 Å². The Balaban J connectivity index is 2.11. The lowest BCUT2D eigenvalue weighted by molar-refractivity contribution is 0.0169. The van der Waals surface area contributed by atoms with Gasteiger partial charge in [-0.25, -0.2) is 0 Å². The molecule has 1 aromatic rings. The van der Waals surface area contributed by atoms with Crippen molar-refractivity contribution in [2.24, 2.45) is 4.99 Å². The van der Waals surface area contributed by atoms with Crippen molar-refractivity contribution in [3.63, 3.8) is 0 Å². The molecule has 0 spiro atoms. The molecular formula is C20H33ClN4O2. The molecule has 1 unspecified atom stereocenters. The number of ether oxygens (including phenoxy) is 2. The number of nitrogens with one attached hydrogen (secondary N) is 2. The molecule has 2 rings (SSSR count). The Kier molecular flexibility index (Phi) is 8.83. The number of hydrogen-bond donors (Lipinski definition) is 2. The average molecular weight is 397 g/mol. The molecule has 27 heavy (non-hydrogen) atoms. The predicted octanol–water partition coefficient (Wildman–Crippen LogP) is 2.69. The van der Waals surface area contributed by atoms with Gasteiger partial charge in [0.25, 0.3) is 0 Å². The van der Waals surface area contributed by atoms with Crippen molar-refractivity contribution >= 4 is 17.6 Å². The van der Waals surface area contributed by atoms with Crippen molar-refractivity contribution in [3.8, 4) is 0 Å². The first-order valence-electron chi connectivity index (χ1n) is 9.60. The molecule has 1 heterocycles. The van der Waals surface area contributed by atoms with Gasteiger partial charge < -0.3 is 20.1 Å². The van der Waals surface area contributed by atoms with E-state index in [0.29, 0.717) is 6.54 Å². The van der Waals surface area contributed by atoms with Crippen LogP contribution in [-0.2, 0) is 9.47 Å². The number of halogens is 1. The fourth-order valence-electron chi connectivity index (χ4n) is 2.93. The number of aliphatic imine (C=N–C) groups is 1. The topological polar surface area (TPSA) is 58.1 Å². The van der Waals surface area contributed by atoms with Crippen LogP contribution < -0.4 is 10.6 Å². The molecule has 0 aromatic heterocycles. The van der Waals surface area contributed by atoms with Crippen LogP contribution in [0.4, 0.5) is 0 Å². The van der Waals surface area contributed by atoms with E-state index < -0.39 is 0 Å². The van der Waals surface area contributed by atoms with Crippen LogP contribution in [0.3, 0.4) is 0 Å². The van der Waals surface area contributed by atoms with Crippen LogP contribution >= 0.6 is 11.6 Å². The highest BCUT2D eigenvalue weighted by Crippen LogP contribution is 2.24. The number of benzene rings is 1. The maximum atomic E-state index is 6.24. The van der Waals surface area contributed by atoms with Gasteiger partial charge in [-0.05, 0) is 38.5 Å². The summed E-state index contributed by atoms with van der Waals surface area (Å²) in [5.41, 5.74) is 0.906. The standard InChI is InChI=1S/C20H33ClN4O2/c1-5-22-19(24-15-20(2,3)26-4)23-14-18(25-9-11-27-12-10-25)16-7-6-8-17(21)13-16/h6-8,13,18H,5,9-12,14-15H2,1-4H3,(H2,22,23,24). The highest BCUT2D eigenvalue weighted by atomic mass is 35.5. The normalized spacial score (nSPS) is 17.6. The molecule has 0 amide bonds. The number of rotatable bonds is 8. The molecule has 2 N–H and O–H groups in total. The van der Waals surface area contributed by atoms with E-state index >= 15 is 0 Å². The minimum atomic E-state index is -0.293. The Morgan fingerprint density at radius 1 is 1.33 bits per heavy atom. The third-order valence-corrected chi connectivity index (χ3v) is 4.93. The monoisotopic (exact) mass is 396 g/mol. The van der Waals surface area contributed by atoms with Crippen molar-refractivity contribution in [1.29, 1.82) is 0 Å². The van der Waals surface area contributed by atoms with Crippen LogP contribution in [-0.4, -0.2) is 69.5 Å². The largest absolute Gasteiger partial charge is 0.379 e. The molecule has 1 aliphatic rings. The summed E-state index contributed by atoms with van der Waals surface area (Å²) < 4.78 is 11.0. The van der Waals surface area contributed by atoms with Crippen LogP contribution in [0.5, 0.6) is 0 Å². The molecule has 1 fully saturated rings. The molecule has 6 nitrogen and oxygen atoms in total. The minimum absolute atomic E-state index is 0.201. The van der Waals surface area contributed by atoms with Gasteiger partial charge in [0.15, 0.2) is 5.96 Å². The molecule has 0 aliphatic carbocycles. The summed E-state index contributed by atoms with van der Waals surface area (Å²) in [4.78, 5) is 7.12. The van der Waals surface area contributed by atoms with E-state index in [9.17, 15) is 0 Å². The van der Waals surface area contributed by atoms with Crippen molar-refractivity contribution in [3.05, 3.63) is 34.9 Å². The summed E-state index contributed by atoms with van der Waals surface area (Å²) in [6.45, 7) is 11.6. The van der Waals surface area contributed by atoms with E-state index in [1.807, 2.05) is 32.0 Å². The Bertz CT molecular complexity index is 603. The van der Waals surface area contributed by atoms with Gasteiger partial charge in [-0.2, -0.15) is 0 Å². The molecule has 0 radical (unpaired) electrons. The van der Waals surface area contributed by atoms with Crippen LogP contribution in [0.25, 0.3) is 0 Å². The third kappa shape index (κ3) is 7.30. The number of morpholine rings is 1. The SMILES string of the molecule is CCNC(=NCC(C)(C)OC)NCC(c1cccc(Cl)c1)N1CCOCC1. The van der Waals surface area contributed by atoms with E-state index in [0.717, 1.165) is 50.4 Å². The first-order valence-corrected chi connectivity index (χ1v) is 9.97. The summed E-state index contributed by atoms with van der Waals surface area (Å²) in [5, 5.41) is 7.56. The number of methoxy groups -OCH3 is 1. The molecule has 7 heteroatoms. The zero-order valence-electron chi connectivity index (χ0n) is 16.9. The van der Waals surface area contributed by atoms with Gasteiger partial charge in [0.1, 0.15) is 0 Å². The van der Waals surface area contributed by atoms with Crippen LogP contribution in [0.1, 0.15) is 32.4 Å². The van der Waals surface area contributed by atoms with Crippen LogP contribution in [0, 0.1) is 0 Å². The molecular weight excluding hydrogens is 364 g/mol. The maximum Gasteiger partial charge on any atom is 0.191 e. The fourth-order valence-corrected chi connectivity index (χ4v) is 3.13. The quantitative estimate of drug-likeness (QED) is 0.522. The summed E-state index contributed by atoms with van der Waals surface area (Å²) in [7, 11) is 1.71.